The molecule has 122 valence electrons. The Hall–Kier alpha value is -3.11. The lowest BCUT2D eigenvalue weighted by Crippen LogP contribution is -2.02. The van der Waals surface area contributed by atoms with Crippen molar-refractivity contribution in [2.45, 2.75) is 17.5 Å². The molecule has 0 saturated heterocycles. The van der Waals surface area contributed by atoms with Gasteiger partial charge >= 0.3 is 0 Å². The largest absolute Gasteiger partial charge is 0.431 e. The molecule has 0 aliphatic heterocycles. The maximum Gasteiger partial charge on any atom is 0.257 e. The molecular formula is C18H13N5OS. The Kier molecular flexibility index (Phi) is 4.19. The molecule has 0 amide bonds. The van der Waals surface area contributed by atoms with Gasteiger partial charge in [-0.1, -0.05) is 47.3 Å². The normalized spacial score (nSPS) is 10.8. The molecule has 4 aromatic rings. The average molecular weight is 347 g/mol. The van der Waals surface area contributed by atoms with Gasteiger partial charge < -0.3 is 4.42 Å². The van der Waals surface area contributed by atoms with Crippen LogP contribution >= 0.6 is 11.8 Å². The van der Waals surface area contributed by atoms with Crippen LogP contribution in [0.2, 0.25) is 0 Å². The van der Waals surface area contributed by atoms with E-state index in [1.54, 1.807) is 10.7 Å². The van der Waals surface area contributed by atoms with Crippen molar-refractivity contribution in [2.24, 2.45) is 0 Å². The molecule has 7 heteroatoms. The predicted octanol–water partition coefficient (Wildman–Crippen LogP) is 3.63. The Morgan fingerprint density at radius 2 is 1.96 bits per heavy atom. The molecule has 0 radical (unpaired) electrons. The molecular weight excluding hydrogens is 334 g/mol. The van der Waals surface area contributed by atoms with Gasteiger partial charge in [-0.25, -0.2) is 9.67 Å². The van der Waals surface area contributed by atoms with Crippen molar-refractivity contribution in [3.63, 3.8) is 0 Å². The molecule has 0 aliphatic carbocycles. The highest BCUT2D eigenvalue weighted by molar-refractivity contribution is 7.98. The van der Waals surface area contributed by atoms with E-state index in [4.69, 9.17) is 9.68 Å². The van der Waals surface area contributed by atoms with Crippen LogP contribution in [0.4, 0.5) is 0 Å². The number of hydrogen-bond acceptors (Lipinski definition) is 6. The second-order valence-corrected chi connectivity index (χ2v) is 6.34. The Balaban J connectivity index is 1.43. The van der Waals surface area contributed by atoms with E-state index in [2.05, 4.69) is 21.4 Å². The fourth-order valence-corrected chi connectivity index (χ4v) is 3.19. The number of rotatable bonds is 5. The smallest absolute Gasteiger partial charge is 0.257 e. The Morgan fingerprint density at radius 1 is 1.12 bits per heavy atom. The Morgan fingerprint density at radius 3 is 2.84 bits per heavy atom. The topological polar surface area (TPSA) is 80.5 Å². The first-order valence-electron chi connectivity index (χ1n) is 7.67. The molecule has 0 unspecified atom stereocenters. The molecule has 0 fully saturated rings. The highest BCUT2D eigenvalue weighted by Crippen LogP contribution is 2.25. The van der Waals surface area contributed by atoms with E-state index in [-0.39, 0.29) is 0 Å². The van der Waals surface area contributed by atoms with Crippen LogP contribution in [0.25, 0.3) is 11.1 Å². The van der Waals surface area contributed by atoms with Gasteiger partial charge in [-0.05, 0) is 23.8 Å². The molecule has 2 aromatic carbocycles. The number of para-hydroxylation sites is 2. The lowest BCUT2D eigenvalue weighted by Gasteiger charge is -2.02. The van der Waals surface area contributed by atoms with E-state index in [1.165, 1.54) is 11.8 Å². The Labute approximate surface area is 148 Å². The maximum atomic E-state index is 9.16. The van der Waals surface area contributed by atoms with Crippen molar-refractivity contribution in [3.05, 3.63) is 71.5 Å². The predicted molar refractivity (Wildman–Crippen MR) is 93.9 cm³/mol. The third kappa shape index (κ3) is 3.39. The quantitative estimate of drug-likeness (QED) is 0.513. The third-order valence-electron chi connectivity index (χ3n) is 3.67. The number of fused-ring (bicyclic) bond motifs is 1. The van der Waals surface area contributed by atoms with E-state index in [9.17, 15) is 0 Å². The van der Waals surface area contributed by atoms with E-state index >= 15 is 0 Å². The van der Waals surface area contributed by atoms with Gasteiger partial charge in [0.1, 0.15) is 5.52 Å². The number of nitrogens with zero attached hydrogens (tertiary/aromatic N) is 5. The summed E-state index contributed by atoms with van der Waals surface area (Å²) in [7, 11) is 0. The SMILES string of the molecule is N#Cc1ccccc1Cn1cc(CSc2nc3ccccc3o2)nn1. The number of hydrogen-bond donors (Lipinski definition) is 0. The summed E-state index contributed by atoms with van der Waals surface area (Å²) < 4.78 is 7.42. The molecule has 0 spiro atoms. The molecule has 0 aliphatic rings. The molecule has 0 N–H and O–H groups in total. The summed E-state index contributed by atoms with van der Waals surface area (Å²) in [5.41, 5.74) is 4.04. The van der Waals surface area contributed by atoms with Gasteiger partial charge in [-0.2, -0.15) is 5.26 Å². The Bertz CT molecular complexity index is 1030. The van der Waals surface area contributed by atoms with Crippen molar-refractivity contribution < 1.29 is 4.42 Å². The maximum absolute atomic E-state index is 9.16. The zero-order valence-corrected chi connectivity index (χ0v) is 14.0. The minimum atomic E-state index is 0.518. The summed E-state index contributed by atoms with van der Waals surface area (Å²) in [5, 5.41) is 18.1. The van der Waals surface area contributed by atoms with Gasteiger partial charge in [0, 0.05) is 11.9 Å². The van der Waals surface area contributed by atoms with Gasteiger partial charge in [0.2, 0.25) is 0 Å². The van der Waals surface area contributed by atoms with Crippen LogP contribution < -0.4 is 0 Å². The first kappa shape index (κ1) is 15.4. The van der Waals surface area contributed by atoms with E-state index in [0.717, 1.165) is 22.4 Å². The zero-order valence-electron chi connectivity index (χ0n) is 13.2. The van der Waals surface area contributed by atoms with E-state index < -0.39 is 0 Å². The highest BCUT2D eigenvalue weighted by atomic mass is 32.2. The van der Waals surface area contributed by atoms with Crippen LogP contribution in [0.15, 0.2) is 64.4 Å². The van der Waals surface area contributed by atoms with Crippen molar-refractivity contribution in [3.8, 4) is 6.07 Å². The first-order chi connectivity index (χ1) is 12.3. The summed E-state index contributed by atoms with van der Waals surface area (Å²) in [6.07, 6.45) is 1.88. The summed E-state index contributed by atoms with van der Waals surface area (Å²) in [6, 6.07) is 17.4. The highest BCUT2D eigenvalue weighted by Gasteiger charge is 2.09. The van der Waals surface area contributed by atoms with Crippen molar-refractivity contribution in [1.29, 1.82) is 5.26 Å². The molecule has 6 nitrogen and oxygen atoms in total. The van der Waals surface area contributed by atoms with E-state index in [1.807, 2.05) is 48.7 Å². The fraction of sp³-hybridized carbons (Fsp3) is 0.111. The average Bonchev–Trinajstić information content (AvgIpc) is 3.26. The first-order valence-corrected chi connectivity index (χ1v) is 8.66. The molecule has 2 aromatic heterocycles. The number of aromatic nitrogens is 4. The summed E-state index contributed by atoms with van der Waals surface area (Å²) in [6.45, 7) is 0.518. The van der Waals surface area contributed by atoms with Gasteiger partial charge in [0.25, 0.3) is 5.22 Å². The van der Waals surface area contributed by atoms with Crippen LogP contribution in [0, 0.1) is 11.3 Å². The molecule has 4 rings (SSSR count). The summed E-state index contributed by atoms with van der Waals surface area (Å²) >= 11 is 1.48. The number of thioether (sulfide) groups is 1. The molecule has 0 saturated carbocycles. The lowest BCUT2D eigenvalue weighted by atomic mass is 10.1. The van der Waals surface area contributed by atoms with Crippen LogP contribution in [-0.4, -0.2) is 20.0 Å². The second-order valence-electron chi connectivity index (χ2n) is 5.41. The van der Waals surface area contributed by atoms with Crippen molar-refractivity contribution >= 4 is 22.9 Å². The minimum absolute atomic E-state index is 0.518. The second kappa shape index (κ2) is 6.79. The van der Waals surface area contributed by atoms with Gasteiger partial charge in [-0.15, -0.1) is 5.10 Å². The minimum Gasteiger partial charge on any atom is -0.431 e. The van der Waals surface area contributed by atoms with Gasteiger partial charge in [0.15, 0.2) is 5.58 Å². The summed E-state index contributed by atoms with van der Waals surface area (Å²) in [4.78, 5) is 4.43. The van der Waals surface area contributed by atoms with Crippen LogP contribution in [-0.2, 0) is 12.3 Å². The van der Waals surface area contributed by atoms with E-state index in [0.29, 0.717) is 23.1 Å². The monoisotopic (exact) mass is 347 g/mol. The lowest BCUT2D eigenvalue weighted by molar-refractivity contribution is 0.489. The standard InChI is InChI=1S/C18H13N5OS/c19-9-13-5-1-2-6-14(13)10-23-11-15(21-22-23)12-25-18-20-16-7-3-4-8-17(16)24-18/h1-8,11H,10,12H2. The van der Waals surface area contributed by atoms with Crippen LogP contribution in [0.5, 0.6) is 0 Å². The van der Waals surface area contributed by atoms with Gasteiger partial charge in [0.05, 0.1) is 23.9 Å². The fourth-order valence-electron chi connectivity index (χ4n) is 2.47. The van der Waals surface area contributed by atoms with Crippen LogP contribution in [0.3, 0.4) is 0 Å². The van der Waals surface area contributed by atoms with Gasteiger partial charge in [-0.3, -0.25) is 0 Å². The third-order valence-corrected chi connectivity index (χ3v) is 4.54. The molecule has 2 heterocycles. The van der Waals surface area contributed by atoms with Crippen molar-refractivity contribution in [2.75, 3.05) is 0 Å². The summed E-state index contributed by atoms with van der Waals surface area (Å²) in [5.74, 6) is 0.618. The number of nitriles is 1. The zero-order chi connectivity index (χ0) is 17.1. The number of benzene rings is 2. The number of oxazole rings is 1. The molecule has 0 atom stereocenters. The van der Waals surface area contributed by atoms with Crippen molar-refractivity contribution in [1.82, 2.24) is 20.0 Å². The molecule has 0 bridgehead atoms. The molecule has 25 heavy (non-hydrogen) atoms. The van der Waals surface area contributed by atoms with Crippen LogP contribution in [0.1, 0.15) is 16.8 Å².